The predicted molar refractivity (Wildman–Crippen MR) is 113 cm³/mol. The van der Waals surface area contributed by atoms with Crippen molar-refractivity contribution in [2.75, 3.05) is 6.54 Å². The van der Waals surface area contributed by atoms with Crippen molar-refractivity contribution in [3.8, 4) is 0 Å². The van der Waals surface area contributed by atoms with Gasteiger partial charge in [0.25, 0.3) is 0 Å². The van der Waals surface area contributed by atoms with Crippen LogP contribution < -0.4 is 5.32 Å². The van der Waals surface area contributed by atoms with Crippen molar-refractivity contribution in [1.29, 1.82) is 0 Å². The molecule has 0 radical (unpaired) electrons. The number of carbonyl (C=O) groups is 2. The normalized spacial score (nSPS) is 28.6. The maximum Gasteiger partial charge on any atom is 0.407 e. The molecule has 3 aliphatic rings. The molecule has 2 fully saturated rings. The Bertz CT molecular complexity index is 819. The van der Waals surface area contributed by atoms with Crippen molar-refractivity contribution < 1.29 is 14.3 Å². The van der Waals surface area contributed by atoms with Gasteiger partial charge in [-0.25, -0.2) is 4.79 Å². The number of amides is 2. The van der Waals surface area contributed by atoms with E-state index < -0.39 is 5.60 Å². The zero-order valence-corrected chi connectivity index (χ0v) is 18.3. The van der Waals surface area contributed by atoms with Gasteiger partial charge < -0.3 is 15.0 Å². The minimum Gasteiger partial charge on any atom is -0.444 e. The van der Waals surface area contributed by atoms with Gasteiger partial charge in [-0.3, -0.25) is 4.79 Å². The molecule has 29 heavy (non-hydrogen) atoms. The molecule has 5 nitrogen and oxygen atoms in total. The number of carbonyl (C=O) groups excluding carboxylic acids is 2. The van der Waals surface area contributed by atoms with Crippen LogP contribution in [0.3, 0.4) is 0 Å². The van der Waals surface area contributed by atoms with Crippen molar-refractivity contribution >= 4 is 23.6 Å². The van der Waals surface area contributed by atoms with Crippen LogP contribution in [0.25, 0.3) is 0 Å². The Morgan fingerprint density at radius 3 is 2.83 bits per heavy atom. The molecule has 0 aromatic heterocycles. The summed E-state index contributed by atoms with van der Waals surface area (Å²) in [4.78, 5) is 28.0. The number of ether oxygens (including phenoxy) is 1. The van der Waals surface area contributed by atoms with Crippen molar-refractivity contribution in [3.05, 3.63) is 34.3 Å². The van der Waals surface area contributed by atoms with E-state index in [4.69, 9.17) is 16.3 Å². The summed E-state index contributed by atoms with van der Waals surface area (Å²) in [6.07, 6.45) is 5.14. The number of hydrogen-bond acceptors (Lipinski definition) is 3. The van der Waals surface area contributed by atoms with E-state index in [0.29, 0.717) is 18.9 Å². The van der Waals surface area contributed by atoms with E-state index in [9.17, 15) is 9.59 Å². The van der Waals surface area contributed by atoms with Gasteiger partial charge >= 0.3 is 6.09 Å². The number of rotatable bonds is 2. The molecule has 1 aliphatic heterocycles. The molecule has 0 unspecified atom stereocenters. The third-order valence-electron chi connectivity index (χ3n) is 6.75. The van der Waals surface area contributed by atoms with Gasteiger partial charge in [0.15, 0.2) is 0 Å². The lowest BCUT2D eigenvalue weighted by Crippen LogP contribution is -2.47. The van der Waals surface area contributed by atoms with Gasteiger partial charge in [-0.1, -0.05) is 24.1 Å². The van der Waals surface area contributed by atoms with Crippen molar-refractivity contribution in [3.63, 3.8) is 0 Å². The molecule has 2 aliphatic carbocycles. The van der Waals surface area contributed by atoms with Gasteiger partial charge in [0.2, 0.25) is 5.91 Å². The zero-order chi connectivity index (χ0) is 20.8. The lowest BCUT2D eigenvalue weighted by atomic mass is 9.78. The van der Waals surface area contributed by atoms with Crippen LogP contribution in [0.2, 0.25) is 5.02 Å². The second-order valence-corrected chi connectivity index (χ2v) is 10.4. The summed E-state index contributed by atoms with van der Waals surface area (Å²) in [6.45, 7) is 6.98. The highest BCUT2D eigenvalue weighted by molar-refractivity contribution is 6.30. The summed E-state index contributed by atoms with van der Waals surface area (Å²) in [5, 5.41) is 3.74. The first kappa shape index (κ1) is 20.5. The van der Waals surface area contributed by atoms with Gasteiger partial charge in [0.1, 0.15) is 5.60 Å². The number of nitrogens with zero attached hydrogens (tertiary/aromatic N) is 1. The quantitative estimate of drug-likeness (QED) is 0.757. The average molecular weight is 419 g/mol. The molecular formula is C23H31ClN2O3. The molecule has 2 amide bonds. The molecule has 1 aromatic carbocycles. The summed E-state index contributed by atoms with van der Waals surface area (Å²) >= 11 is 6.18. The highest BCUT2D eigenvalue weighted by Gasteiger charge is 2.56. The second-order valence-electron chi connectivity index (χ2n) is 9.92. The largest absolute Gasteiger partial charge is 0.444 e. The first-order valence-corrected chi connectivity index (χ1v) is 11.1. The smallest absolute Gasteiger partial charge is 0.407 e. The Labute approximate surface area is 178 Å². The molecule has 3 atom stereocenters. The number of benzene rings is 1. The van der Waals surface area contributed by atoms with Gasteiger partial charge in [-0.2, -0.15) is 0 Å². The Kier molecular flexibility index (Phi) is 5.30. The fourth-order valence-corrected chi connectivity index (χ4v) is 5.78. The number of alkyl carbamates (subject to hydrolysis) is 1. The molecule has 1 N–H and O–H groups in total. The minimum absolute atomic E-state index is 0.00520. The van der Waals surface area contributed by atoms with Crippen LogP contribution in [0.4, 0.5) is 4.79 Å². The third-order valence-corrected chi connectivity index (χ3v) is 6.99. The Morgan fingerprint density at radius 1 is 1.28 bits per heavy atom. The summed E-state index contributed by atoms with van der Waals surface area (Å²) in [5.74, 6) is 0.606. The fraction of sp³-hybridized carbons (Fsp3) is 0.652. The van der Waals surface area contributed by atoms with Gasteiger partial charge in [-0.15, -0.1) is 0 Å². The Hall–Kier alpha value is -1.75. The van der Waals surface area contributed by atoms with E-state index >= 15 is 0 Å². The van der Waals surface area contributed by atoms with Gasteiger partial charge in [-0.05, 0) is 82.1 Å². The van der Waals surface area contributed by atoms with Crippen LogP contribution in [0.5, 0.6) is 0 Å². The minimum atomic E-state index is -0.519. The van der Waals surface area contributed by atoms with Crippen LogP contribution in [-0.4, -0.2) is 35.1 Å². The maximum absolute atomic E-state index is 13.7. The van der Waals surface area contributed by atoms with E-state index in [1.54, 1.807) is 0 Å². The van der Waals surface area contributed by atoms with Crippen LogP contribution in [0.1, 0.15) is 64.0 Å². The van der Waals surface area contributed by atoms with E-state index in [2.05, 4.69) is 11.4 Å². The molecule has 1 heterocycles. The summed E-state index contributed by atoms with van der Waals surface area (Å²) in [6, 6.07) is 5.99. The molecule has 0 spiro atoms. The average Bonchev–Trinajstić information content (AvgIpc) is 3.16. The van der Waals surface area contributed by atoms with Crippen molar-refractivity contribution in [1.82, 2.24) is 10.2 Å². The number of halogens is 1. The Morgan fingerprint density at radius 2 is 2.07 bits per heavy atom. The van der Waals surface area contributed by atoms with Crippen LogP contribution >= 0.6 is 11.6 Å². The fourth-order valence-electron chi connectivity index (χ4n) is 5.59. The van der Waals surface area contributed by atoms with E-state index in [1.807, 2.05) is 37.8 Å². The molecule has 158 valence electrons. The number of hydrogen-bond donors (Lipinski definition) is 1. The SMILES string of the molecule is CC(C)(C)OC(=O)N[C@@H]1C[C@H]2CCC[C@@]2(C(=O)N2CCc3ccc(Cl)cc3C2)C1. The topological polar surface area (TPSA) is 58.6 Å². The number of nitrogens with one attached hydrogen (secondary N) is 1. The second kappa shape index (κ2) is 7.50. The number of fused-ring (bicyclic) bond motifs is 2. The highest BCUT2D eigenvalue weighted by Crippen LogP contribution is 2.55. The molecule has 1 aromatic rings. The standard InChI is InChI=1S/C23H31ClN2O3/c1-22(2,3)29-21(28)25-19-12-17-5-4-9-23(17,13-19)20(27)26-10-8-15-6-7-18(24)11-16(15)14-26/h6-7,11,17,19H,4-5,8-10,12-14H2,1-3H3,(H,25,28)/t17-,19-,23-/m1/s1. The summed E-state index contributed by atoms with van der Waals surface area (Å²) < 4.78 is 5.42. The predicted octanol–water partition coefficient (Wildman–Crippen LogP) is 4.70. The monoisotopic (exact) mass is 418 g/mol. The van der Waals surface area contributed by atoms with Gasteiger partial charge in [0, 0.05) is 24.2 Å². The van der Waals surface area contributed by atoms with E-state index in [0.717, 1.165) is 49.2 Å². The molecular weight excluding hydrogens is 388 g/mol. The van der Waals surface area contributed by atoms with Crippen molar-refractivity contribution in [2.24, 2.45) is 11.3 Å². The lowest BCUT2D eigenvalue weighted by Gasteiger charge is -2.37. The summed E-state index contributed by atoms with van der Waals surface area (Å²) in [5.41, 5.74) is 1.59. The molecule has 0 bridgehead atoms. The molecule has 0 saturated heterocycles. The lowest BCUT2D eigenvalue weighted by molar-refractivity contribution is -0.144. The van der Waals surface area contributed by atoms with E-state index in [1.165, 1.54) is 5.56 Å². The zero-order valence-electron chi connectivity index (χ0n) is 17.6. The van der Waals surface area contributed by atoms with Crippen molar-refractivity contribution in [2.45, 2.75) is 77.5 Å². The van der Waals surface area contributed by atoms with Crippen LogP contribution in [-0.2, 0) is 22.5 Å². The van der Waals surface area contributed by atoms with E-state index in [-0.39, 0.29) is 23.5 Å². The van der Waals surface area contributed by atoms with Gasteiger partial charge in [0.05, 0.1) is 5.41 Å². The summed E-state index contributed by atoms with van der Waals surface area (Å²) in [7, 11) is 0. The first-order chi connectivity index (χ1) is 13.7. The first-order valence-electron chi connectivity index (χ1n) is 10.7. The molecule has 4 rings (SSSR count). The Balaban J connectivity index is 1.47. The highest BCUT2D eigenvalue weighted by atomic mass is 35.5. The van der Waals surface area contributed by atoms with Crippen LogP contribution in [0, 0.1) is 11.3 Å². The molecule has 2 saturated carbocycles. The molecule has 6 heteroatoms. The van der Waals surface area contributed by atoms with Crippen LogP contribution in [0.15, 0.2) is 18.2 Å². The third kappa shape index (κ3) is 4.11. The maximum atomic E-state index is 13.7.